The van der Waals surface area contributed by atoms with Crippen molar-refractivity contribution in [3.63, 3.8) is 0 Å². The van der Waals surface area contributed by atoms with E-state index >= 15 is 0 Å². The van der Waals surface area contributed by atoms with Crippen LogP contribution in [0.4, 0.5) is 0 Å². The number of aliphatic hydroxyl groups is 1. The van der Waals surface area contributed by atoms with E-state index in [0.717, 1.165) is 11.1 Å². The van der Waals surface area contributed by atoms with Crippen molar-refractivity contribution in [1.29, 1.82) is 5.26 Å². The third-order valence-electron chi connectivity index (χ3n) is 5.42. The van der Waals surface area contributed by atoms with Gasteiger partial charge in [-0.15, -0.1) is 0 Å². The van der Waals surface area contributed by atoms with Crippen molar-refractivity contribution in [3.05, 3.63) is 48.0 Å². The second kappa shape index (κ2) is 9.14. The number of likely N-dealkylation sites (N-methyl/N-ethyl adjacent to an activating group) is 1. The maximum absolute atomic E-state index is 13.4. The number of sulfonamides is 1. The number of rotatable bonds is 5. The lowest BCUT2D eigenvalue weighted by Crippen LogP contribution is -2.49. The van der Waals surface area contributed by atoms with Crippen molar-refractivity contribution in [1.82, 2.24) is 9.62 Å². The van der Waals surface area contributed by atoms with Crippen molar-refractivity contribution in [2.45, 2.75) is 30.9 Å². The Hall–Kier alpha value is -2.44. The maximum atomic E-state index is 13.4. The van der Waals surface area contributed by atoms with Gasteiger partial charge in [0.05, 0.1) is 18.2 Å². The number of hydrogen-bond donors (Lipinski definition) is 2. The Balaban J connectivity index is 2.13. The van der Waals surface area contributed by atoms with Gasteiger partial charge in [0.2, 0.25) is 10.0 Å². The summed E-state index contributed by atoms with van der Waals surface area (Å²) in [5.41, 5.74) is 2.21. The molecule has 2 aromatic rings. The van der Waals surface area contributed by atoms with Gasteiger partial charge in [0.15, 0.2) is 0 Å². The molecule has 0 spiro atoms. The highest BCUT2D eigenvalue weighted by Crippen LogP contribution is 2.36. The maximum Gasteiger partial charge on any atom is 0.247 e. The predicted molar refractivity (Wildman–Crippen MR) is 115 cm³/mol. The third kappa shape index (κ3) is 4.35. The Morgan fingerprint density at radius 2 is 1.93 bits per heavy atom. The number of nitriles is 1. The smallest absolute Gasteiger partial charge is 0.247 e. The number of aliphatic hydroxyl groups excluding tert-OH is 1. The first-order chi connectivity index (χ1) is 14.3. The molecule has 1 aliphatic heterocycles. The van der Waals surface area contributed by atoms with Crippen LogP contribution in [0.15, 0.2) is 47.4 Å². The molecule has 160 valence electrons. The van der Waals surface area contributed by atoms with E-state index in [9.17, 15) is 13.5 Å². The number of nitrogens with one attached hydrogen (secondary N) is 1. The zero-order chi connectivity index (χ0) is 21.9. The summed E-state index contributed by atoms with van der Waals surface area (Å²) in [5.74, 6) is 0.201. The van der Waals surface area contributed by atoms with E-state index in [-0.39, 0.29) is 30.1 Å². The molecule has 3 rings (SSSR count). The highest BCUT2D eigenvalue weighted by molar-refractivity contribution is 7.89. The first-order valence-corrected chi connectivity index (χ1v) is 11.3. The molecule has 0 fully saturated rings. The van der Waals surface area contributed by atoms with E-state index in [2.05, 4.69) is 11.4 Å². The van der Waals surface area contributed by atoms with E-state index < -0.39 is 16.1 Å². The topological polar surface area (TPSA) is 103 Å². The number of ether oxygens (including phenoxy) is 1. The van der Waals surface area contributed by atoms with Crippen LogP contribution in [-0.4, -0.2) is 56.7 Å². The molecule has 30 heavy (non-hydrogen) atoms. The normalized spacial score (nSPS) is 22.1. The molecule has 0 saturated carbocycles. The molecular weight excluding hydrogens is 402 g/mol. The molecule has 0 bridgehead atoms. The molecule has 2 aromatic carbocycles. The Bertz CT molecular complexity index is 1030. The monoisotopic (exact) mass is 429 g/mol. The van der Waals surface area contributed by atoms with E-state index in [1.807, 2.05) is 26.1 Å². The first kappa shape index (κ1) is 22.2. The molecule has 7 nitrogen and oxygen atoms in total. The average molecular weight is 430 g/mol. The van der Waals surface area contributed by atoms with E-state index in [1.165, 1.54) is 4.31 Å². The first-order valence-electron chi connectivity index (χ1n) is 9.90. The Labute approximate surface area is 178 Å². The summed E-state index contributed by atoms with van der Waals surface area (Å²) in [4.78, 5) is 0.0909. The van der Waals surface area contributed by atoms with Gasteiger partial charge < -0.3 is 15.2 Å². The lowest BCUT2D eigenvalue weighted by molar-refractivity contribution is 0.103. The molecule has 1 heterocycles. The third-order valence-corrected chi connectivity index (χ3v) is 7.44. The Morgan fingerprint density at radius 3 is 2.53 bits per heavy atom. The summed E-state index contributed by atoms with van der Waals surface area (Å²) in [7, 11) is -2.02. The van der Waals surface area contributed by atoms with Gasteiger partial charge in [-0.05, 0) is 49.4 Å². The zero-order valence-corrected chi connectivity index (χ0v) is 18.2. The van der Waals surface area contributed by atoms with Gasteiger partial charge in [0.25, 0.3) is 0 Å². The summed E-state index contributed by atoms with van der Waals surface area (Å²) >= 11 is 0. The van der Waals surface area contributed by atoms with Crippen LogP contribution in [0.5, 0.6) is 5.75 Å². The lowest BCUT2D eigenvalue weighted by Gasteiger charge is -2.36. The van der Waals surface area contributed by atoms with Crippen molar-refractivity contribution < 1.29 is 18.3 Å². The molecule has 0 amide bonds. The van der Waals surface area contributed by atoms with E-state index in [4.69, 9.17) is 10.00 Å². The minimum absolute atomic E-state index is 0.0899. The van der Waals surface area contributed by atoms with Crippen molar-refractivity contribution >= 4 is 10.0 Å². The fourth-order valence-electron chi connectivity index (χ4n) is 3.59. The standard InChI is InChI=1S/C22H27N3O4S/c1-15-13-25(16(2)14-26)30(27,28)22-9-8-19(10-20(22)29-21(15)12-24-3)18-6-4-17(11-23)5-7-18/h4-10,15-16,21,24,26H,12-14H2,1-3H3/t15-,16+,21+/m0/s1. The highest BCUT2D eigenvalue weighted by atomic mass is 32.2. The van der Waals surface area contributed by atoms with Crippen LogP contribution in [0.3, 0.4) is 0 Å². The van der Waals surface area contributed by atoms with Crippen LogP contribution < -0.4 is 10.1 Å². The lowest BCUT2D eigenvalue weighted by atomic mass is 10.0. The van der Waals surface area contributed by atoms with Gasteiger partial charge in [-0.3, -0.25) is 0 Å². The van der Waals surface area contributed by atoms with Crippen LogP contribution in [0.1, 0.15) is 19.4 Å². The minimum atomic E-state index is -3.85. The quantitative estimate of drug-likeness (QED) is 0.756. The van der Waals surface area contributed by atoms with Crippen LogP contribution in [-0.2, 0) is 10.0 Å². The van der Waals surface area contributed by atoms with Gasteiger partial charge >= 0.3 is 0 Å². The fourth-order valence-corrected chi connectivity index (χ4v) is 5.41. The van der Waals surface area contributed by atoms with Crippen molar-refractivity contribution in [2.75, 3.05) is 26.7 Å². The van der Waals surface area contributed by atoms with Gasteiger partial charge in [-0.25, -0.2) is 8.42 Å². The molecule has 0 saturated heterocycles. The molecule has 0 radical (unpaired) electrons. The van der Waals surface area contributed by atoms with Crippen molar-refractivity contribution in [3.8, 4) is 22.9 Å². The fraction of sp³-hybridized carbons (Fsp3) is 0.409. The highest BCUT2D eigenvalue weighted by Gasteiger charge is 2.37. The molecule has 0 aromatic heterocycles. The van der Waals surface area contributed by atoms with Crippen LogP contribution >= 0.6 is 0 Å². The van der Waals surface area contributed by atoms with Gasteiger partial charge in [-0.1, -0.05) is 25.1 Å². The Morgan fingerprint density at radius 1 is 1.27 bits per heavy atom. The SMILES string of the molecule is CNC[C@H]1Oc2cc(-c3ccc(C#N)cc3)ccc2S(=O)(=O)N([C@H](C)CO)C[C@@H]1C. The molecule has 0 unspecified atom stereocenters. The minimum Gasteiger partial charge on any atom is -0.487 e. The Kier molecular flexibility index (Phi) is 6.78. The van der Waals surface area contributed by atoms with Crippen LogP contribution in [0, 0.1) is 17.2 Å². The number of nitrogens with zero attached hydrogens (tertiary/aromatic N) is 2. The average Bonchev–Trinajstić information content (AvgIpc) is 2.75. The number of fused-ring (bicyclic) bond motifs is 1. The molecule has 3 atom stereocenters. The van der Waals surface area contributed by atoms with E-state index in [0.29, 0.717) is 17.9 Å². The molecule has 1 aliphatic rings. The summed E-state index contributed by atoms with van der Waals surface area (Å²) in [5, 5.41) is 21.8. The van der Waals surface area contributed by atoms with Gasteiger partial charge in [0.1, 0.15) is 16.7 Å². The summed E-state index contributed by atoms with van der Waals surface area (Å²) in [6.45, 7) is 4.20. The van der Waals surface area contributed by atoms with E-state index in [1.54, 1.807) is 37.3 Å². The second-order valence-corrected chi connectivity index (χ2v) is 9.51. The van der Waals surface area contributed by atoms with Crippen molar-refractivity contribution in [2.24, 2.45) is 5.92 Å². The van der Waals surface area contributed by atoms with Crippen LogP contribution in [0.25, 0.3) is 11.1 Å². The van der Waals surface area contributed by atoms with Crippen LogP contribution in [0.2, 0.25) is 0 Å². The molecule has 8 heteroatoms. The molecular formula is C22H27N3O4S. The van der Waals surface area contributed by atoms with Gasteiger partial charge in [-0.2, -0.15) is 9.57 Å². The summed E-state index contributed by atoms with van der Waals surface area (Å²) in [6, 6.07) is 13.7. The predicted octanol–water partition coefficient (Wildman–Crippen LogP) is 2.21. The summed E-state index contributed by atoms with van der Waals surface area (Å²) < 4.78 is 34.4. The number of hydrogen-bond acceptors (Lipinski definition) is 6. The van der Waals surface area contributed by atoms with Gasteiger partial charge in [0, 0.05) is 25.0 Å². The largest absolute Gasteiger partial charge is 0.487 e. The molecule has 2 N–H and O–H groups in total. The summed E-state index contributed by atoms with van der Waals surface area (Å²) in [6.07, 6.45) is -0.242. The second-order valence-electron chi connectivity index (χ2n) is 7.65. The zero-order valence-electron chi connectivity index (χ0n) is 17.4. The number of benzene rings is 2. The molecule has 0 aliphatic carbocycles.